The van der Waals surface area contributed by atoms with Crippen molar-refractivity contribution in [2.75, 3.05) is 6.61 Å². The average molecular weight is 171 g/mol. The van der Waals surface area contributed by atoms with Crippen LogP contribution in [0.1, 0.15) is 51.9 Å². The molecule has 1 heterocycles. The van der Waals surface area contributed by atoms with Gasteiger partial charge in [0.2, 0.25) is 0 Å². The van der Waals surface area contributed by atoms with E-state index in [0.29, 0.717) is 0 Å². The van der Waals surface area contributed by atoms with Gasteiger partial charge >= 0.3 is 0 Å². The third-order valence-corrected chi connectivity index (χ3v) is 2.47. The molecule has 0 aromatic carbocycles. The summed E-state index contributed by atoms with van der Waals surface area (Å²) in [4.78, 5) is 0. The van der Waals surface area contributed by atoms with E-state index >= 15 is 0 Å². The van der Waals surface area contributed by atoms with Gasteiger partial charge in [-0.1, -0.05) is 39.0 Å². The molecule has 0 radical (unpaired) electrons. The van der Waals surface area contributed by atoms with Gasteiger partial charge in [0.25, 0.3) is 0 Å². The van der Waals surface area contributed by atoms with E-state index in [-0.39, 0.29) is 5.72 Å². The Labute approximate surface area is 75.5 Å². The molecule has 0 bridgehead atoms. The summed E-state index contributed by atoms with van der Waals surface area (Å²) in [6.45, 7) is 3.02. The standard InChI is InChI=1S/C10H21NO/c1-2-3-4-5-6-7-8-10(11)9-12-10/h2-9,11H2,1H3. The molecule has 1 atom stereocenters. The topological polar surface area (TPSA) is 38.5 Å². The van der Waals surface area contributed by atoms with Crippen molar-refractivity contribution in [3.05, 3.63) is 0 Å². The Morgan fingerprint density at radius 1 is 1.17 bits per heavy atom. The van der Waals surface area contributed by atoms with Crippen molar-refractivity contribution in [2.24, 2.45) is 5.73 Å². The molecule has 1 aliphatic heterocycles. The monoisotopic (exact) mass is 171 g/mol. The van der Waals surface area contributed by atoms with Gasteiger partial charge in [-0.3, -0.25) is 0 Å². The largest absolute Gasteiger partial charge is 0.354 e. The Bertz CT molecular complexity index is 121. The van der Waals surface area contributed by atoms with Crippen LogP contribution in [0.25, 0.3) is 0 Å². The SMILES string of the molecule is CCCCCCCCC1(N)CO1. The van der Waals surface area contributed by atoms with E-state index in [1.165, 1.54) is 38.5 Å². The van der Waals surface area contributed by atoms with E-state index in [2.05, 4.69) is 6.92 Å². The number of epoxide rings is 1. The predicted octanol–water partition coefficient (Wildman–Crippen LogP) is 2.42. The maximum Gasteiger partial charge on any atom is 0.140 e. The maximum atomic E-state index is 5.77. The summed E-state index contributed by atoms with van der Waals surface area (Å²) in [5.41, 5.74) is 5.56. The molecule has 0 saturated carbocycles. The highest BCUT2D eigenvalue weighted by atomic mass is 16.6. The lowest BCUT2D eigenvalue weighted by Gasteiger charge is -2.03. The maximum absolute atomic E-state index is 5.77. The van der Waals surface area contributed by atoms with E-state index in [4.69, 9.17) is 10.5 Å². The van der Waals surface area contributed by atoms with Crippen LogP contribution in [0.4, 0.5) is 0 Å². The summed E-state index contributed by atoms with van der Waals surface area (Å²) in [5, 5.41) is 0. The molecule has 2 N–H and O–H groups in total. The zero-order valence-corrected chi connectivity index (χ0v) is 8.14. The smallest absolute Gasteiger partial charge is 0.140 e. The van der Waals surface area contributed by atoms with Crippen LogP contribution in [0.3, 0.4) is 0 Å². The first-order chi connectivity index (χ1) is 5.77. The Morgan fingerprint density at radius 2 is 1.75 bits per heavy atom. The zero-order valence-electron chi connectivity index (χ0n) is 8.14. The molecule has 0 spiro atoms. The fourth-order valence-corrected chi connectivity index (χ4v) is 1.44. The highest BCUT2D eigenvalue weighted by molar-refractivity contribution is 4.84. The highest BCUT2D eigenvalue weighted by Crippen LogP contribution is 2.26. The predicted molar refractivity (Wildman–Crippen MR) is 50.9 cm³/mol. The molecule has 12 heavy (non-hydrogen) atoms. The van der Waals surface area contributed by atoms with Crippen molar-refractivity contribution in [2.45, 2.75) is 57.6 Å². The number of rotatable bonds is 7. The summed E-state index contributed by atoms with van der Waals surface area (Å²) in [6, 6.07) is 0. The minimum Gasteiger partial charge on any atom is -0.354 e. The number of unbranched alkanes of at least 4 members (excludes halogenated alkanes) is 5. The molecule has 1 fully saturated rings. The molecule has 2 heteroatoms. The van der Waals surface area contributed by atoms with Crippen molar-refractivity contribution in [3.8, 4) is 0 Å². The number of hydrogen-bond acceptors (Lipinski definition) is 2. The molecule has 0 aromatic rings. The second-order valence-corrected chi connectivity index (χ2v) is 3.87. The second-order valence-electron chi connectivity index (χ2n) is 3.87. The lowest BCUT2D eigenvalue weighted by molar-refractivity contribution is 0.288. The lowest BCUT2D eigenvalue weighted by Crippen LogP contribution is -2.23. The van der Waals surface area contributed by atoms with Gasteiger partial charge < -0.3 is 10.5 Å². The average Bonchev–Trinajstić information content (AvgIpc) is 2.77. The summed E-state index contributed by atoms with van der Waals surface area (Å²) in [6.07, 6.45) is 9.06. The van der Waals surface area contributed by atoms with E-state index in [9.17, 15) is 0 Å². The first kappa shape index (κ1) is 10.0. The molecular formula is C10H21NO. The van der Waals surface area contributed by atoms with Crippen molar-refractivity contribution in [3.63, 3.8) is 0 Å². The first-order valence-corrected chi connectivity index (χ1v) is 5.20. The Hall–Kier alpha value is -0.0800. The van der Waals surface area contributed by atoms with Crippen LogP contribution in [-0.4, -0.2) is 12.3 Å². The van der Waals surface area contributed by atoms with Gasteiger partial charge in [0, 0.05) is 0 Å². The van der Waals surface area contributed by atoms with Crippen LogP contribution < -0.4 is 5.73 Å². The van der Waals surface area contributed by atoms with Gasteiger partial charge in [0.15, 0.2) is 0 Å². The highest BCUT2D eigenvalue weighted by Gasteiger charge is 2.38. The number of hydrogen-bond donors (Lipinski definition) is 1. The van der Waals surface area contributed by atoms with Crippen molar-refractivity contribution < 1.29 is 4.74 Å². The summed E-state index contributed by atoms with van der Waals surface area (Å²) in [7, 11) is 0. The fraction of sp³-hybridized carbons (Fsp3) is 1.00. The van der Waals surface area contributed by atoms with Crippen LogP contribution >= 0.6 is 0 Å². The molecule has 1 aliphatic rings. The summed E-state index contributed by atoms with van der Waals surface area (Å²) >= 11 is 0. The van der Waals surface area contributed by atoms with Crippen molar-refractivity contribution >= 4 is 0 Å². The molecule has 72 valence electrons. The van der Waals surface area contributed by atoms with Crippen LogP contribution in [-0.2, 0) is 4.74 Å². The minimum atomic E-state index is -0.204. The summed E-state index contributed by atoms with van der Waals surface area (Å²) in [5.74, 6) is 0. The molecule has 2 nitrogen and oxygen atoms in total. The molecule has 1 unspecified atom stereocenters. The van der Waals surface area contributed by atoms with E-state index < -0.39 is 0 Å². The van der Waals surface area contributed by atoms with E-state index in [1.54, 1.807) is 0 Å². The molecule has 1 saturated heterocycles. The van der Waals surface area contributed by atoms with Crippen molar-refractivity contribution in [1.29, 1.82) is 0 Å². The third kappa shape index (κ3) is 4.07. The second kappa shape index (κ2) is 4.83. The van der Waals surface area contributed by atoms with Crippen LogP contribution in [0, 0.1) is 0 Å². The number of nitrogens with two attached hydrogens (primary N) is 1. The quantitative estimate of drug-likeness (QED) is 0.472. The molecule has 0 aliphatic carbocycles. The van der Waals surface area contributed by atoms with Gasteiger partial charge in [-0.2, -0.15) is 0 Å². The van der Waals surface area contributed by atoms with Crippen LogP contribution in [0.5, 0.6) is 0 Å². The van der Waals surface area contributed by atoms with Crippen molar-refractivity contribution in [1.82, 2.24) is 0 Å². The Balaban J connectivity index is 1.77. The number of ether oxygens (including phenoxy) is 1. The van der Waals surface area contributed by atoms with E-state index in [1.807, 2.05) is 0 Å². The molecule has 0 aromatic heterocycles. The normalized spacial score (nSPS) is 27.5. The van der Waals surface area contributed by atoms with Crippen LogP contribution in [0.2, 0.25) is 0 Å². The van der Waals surface area contributed by atoms with Gasteiger partial charge in [0.1, 0.15) is 5.72 Å². The fourth-order valence-electron chi connectivity index (χ4n) is 1.44. The van der Waals surface area contributed by atoms with Crippen LogP contribution in [0.15, 0.2) is 0 Å². The van der Waals surface area contributed by atoms with Gasteiger partial charge in [0.05, 0.1) is 6.61 Å². The van der Waals surface area contributed by atoms with Gasteiger partial charge in [-0.15, -0.1) is 0 Å². The molecule has 1 rings (SSSR count). The third-order valence-electron chi connectivity index (χ3n) is 2.47. The van der Waals surface area contributed by atoms with Gasteiger partial charge in [-0.05, 0) is 12.8 Å². The first-order valence-electron chi connectivity index (χ1n) is 5.20. The minimum absolute atomic E-state index is 0.204. The Morgan fingerprint density at radius 3 is 2.33 bits per heavy atom. The Kier molecular flexibility index (Phi) is 4.02. The molecule has 0 amide bonds. The zero-order chi connectivity index (χ0) is 8.86. The van der Waals surface area contributed by atoms with E-state index in [0.717, 1.165) is 13.0 Å². The summed E-state index contributed by atoms with van der Waals surface area (Å²) < 4.78 is 5.10. The van der Waals surface area contributed by atoms with Gasteiger partial charge in [-0.25, -0.2) is 0 Å². The lowest BCUT2D eigenvalue weighted by atomic mass is 10.1. The molecular weight excluding hydrogens is 150 g/mol.